The van der Waals surface area contributed by atoms with Crippen molar-refractivity contribution in [2.24, 2.45) is 0 Å². The maximum absolute atomic E-state index is 11.3. The average molecular weight is 414 g/mol. The number of nitrogens with one attached hydrogen (secondary N) is 1. The number of aromatic hydroxyl groups is 1. The molecule has 0 aromatic heterocycles. The average Bonchev–Trinajstić information content (AvgIpc) is 3.07. The lowest BCUT2D eigenvalue weighted by Gasteiger charge is -2.38. The molecule has 8 nitrogen and oxygen atoms in total. The van der Waals surface area contributed by atoms with E-state index in [-0.39, 0.29) is 18.3 Å². The molecule has 30 heavy (non-hydrogen) atoms. The van der Waals surface area contributed by atoms with E-state index in [1.807, 2.05) is 24.3 Å². The van der Waals surface area contributed by atoms with E-state index in [9.17, 15) is 15.0 Å². The van der Waals surface area contributed by atoms with Crippen molar-refractivity contribution in [1.82, 2.24) is 4.90 Å². The minimum atomic E-state index is -0.728. The number of rotatable bonds is 6. The molecule has 2 aliphatic rings. The van der Waals surface area contributed by atoms with Crippen LogP contribution in [-0.2, 0) is 4.79 Å². The van der Waals surface area contributed by atoms with Gasteiger partial charge in [-0.05, 0) is 24.3 Å². The van der Waals surface area contributed by atoms with Crippen LogP contribution in [-0.4, -0.2) is 59.2 Å². The molecule has 2 heterocycles. The summed E-state index contributed by atoms with van der Waals surface area (Å²) in [5.74, 6) is 1.03. The predicted octanol–water partition coefficient (Wildman–Crippen LogP) is 2.35. The Bertz CT molecular complexity index is 883. The number of amides is 1. The van der Waals surface area contributed by atoms with Crippen molar-refractivity contribution < 1.29 is 29.2 Å². The van der Waals surface area contributed by atoms with Gasteiger partial charge in [0.05, 0.1) is 5.69 Å². The van der Waals surface area contributed by atoms with Gasteiger partial charge in [-0.1, -0.05) is 12.1 Å². The number of ether oxygens (including phenoxy) is 3. The number of hydrogen-bond acceptors (Lipinski definition) is 7. The minimum absolute atomic E-state index is 0.0208. The zero-order chi connectivity index (χ0) is 21.1. The summed E-state index contributed by atoms with van der Waals surface area (Å²) in [4.78, 5) is 13.5. The number of phenolic OH excluding ortho intramolecular Hbond substituents is 1. The van der Waals surface area contributed by atoms with Gasteiger partial charge in [0, 0.05) is 45.5 Å². The van der Waals surface area contributed by atoms with Crippen LogP contribution in [0.15, 0.2) is 42.5 Å². The zero-order valence-corrected chi connectivity index (χ0v) is 16.8. The number of aliphatic hydroxyl groups excluding tert-OH is 1. The number of carbonyl (C=O) groups is 1. The van der Waals surface area contributed by atoms with Crippen molar-refractivity contribution >= 4 is 11.6 Å². The minimum Gasteiger partial charge on any atom is -0.508 e. The third-order valence-corrected chi connectivity index (χ3v) is 5.24. The molecule has 1 atom stereocenters. The van der Waals surface area contributed by atoms with Gasteiger partial charge in [-0.15, -0.1) is 0 Å². The molecule has 0 bridgehead atoms. The fourth-order valence-corrected chi connectivity index (χ4v) is 3.78. The molecule has 0 aliphatic carbocycles. The Kier molecular flexibility index (Phi) is 5.69. The first-order chi connectivity index (χ1) is 14.4. The van der Waals surface area contributed by atoms with E-state index in [2.05, 4.69) is 10.2 Å². The lowest BCUT2D eigenvalue weighted by atomic mass is 10.0. The number of benzene rings is 2. The number of para-hydroxylation sites is 2. The molecule has 8 heteroatoms. The number of fused-ring (bicyclic) bond motifs is 1. The van der Waals surface area contributed by atoms with Crippen LogP contribution in [0.25, 0.3) is 0 Å². The second-order valence-electron chi connectivity index (χ2n) is 7.69. The van der Waals surface area contributed by atoms with Crippen LogP contribution in [0.3, 0.4) is 0 Å². The molecule has 2 aliphatic heterocycles. The quantitative estimate of drug-likeness (QED) is 0.624. The number of anilines is 1. The first-order valence-corrected chi connectivity index (χ1v) is 10.0. The molecule has 0 unspecified atom stereocenters. The van der Waals surface area contributed by atoms with Gasteiger partial charge in [0.15, 0.2) is 11.5 Å². The van der Waals surface area contributed by atoms with Crippen molar-refractivity contribution in [2.45, 2.75) is 31.7 Å². The maximum atomic E-state index is 11.3. The third-order valence-electron chi connectivity index (χ3n) is 5.24. The highest BCUT2D eigenvalue weighted by molar-refractivity contribution is 5.90. The first-order valence-electron chi connectivity index (χ1n) is 10.0. The monoisotopic (exact) mass is 414 g/mol. The molecular weight excluding hydrogens is 388 g/mol. The van der Waals surface area contributed by atoms with Crippen LogP contribution < -0.4 is 19.5 Å². The third kappa shape index (κ3) is 4.60. The second-order valence-corrected chi connectivity index (χ2v) is 7.69. The number of carbonyl (C=O) groups excluding carboxylic acids is 1. The summed E-state index contributed by atoms with van der Waals surface area (Å²) in [7, 11) is 0. The highest BCUT2D eigenvalue weighted by Crippen LogP contribution is 2.43. The van der Waals surface area contributed by atoms with E-state index in [0.717, 1.165) is 24.6 Å². The van der Waals surface area contributed by atoms with Crippen LogP contribution in [0.5, 0.6) is 23.0 Å². The molecule has 2 aromatic rings. The molecule has 160 valence electrons. The zero-order valence-electron chi connectivity index (χ0n) is 16.8. The summed E-state index contributed by atoms with van der Waals surface area (Å²) in [5, 5.41) is 22.7. The molecule has 4 rings (SSSR count). The molecule has 1 amide bonds. The Labute approximate surface area is 175 Å². The van der Waals surface area contributed by atoms with Gasteiger partial charge in [0.1, 0.15) is 24.2 Å². The summed E-state index contributed by atoms with van der Waals surface area (Å²) in [6.45, 7) is 3.33. The van der Waals surface area contributed by atoms with Crippen molar-refractivity contribution in [3.05, 3.63) is 42.5 Å². The molecule has 1 saturated heterocycles. The van der Waals surface area contributed by atoms with Crippen LogP contribution in [0.1, 0.15) is 19.8 Å². The molecule has 1 spiro atoms. The fourth-order valence-electron chi connectivity index (χ4n) is 3.78. The van der Waals surface area contributed by atoms with Crippen LogP contribution >= 0.6 is 0 Å². The van der Waals surface area contributed by atoms with Gasteiger partial charge in [-0.2, -0.15) is 0 Å². The van der Waals surface area contributed by atoms with Gasteiger partial charge >= 0.3 is 0 Å². The topological polar surface area (TPSA) is 100 Å². The lowest BCUT2D eigenvalue weighted by molar-refractivity contribution is -0.122. The number of likely N-dealkylation sites (tertiary alicyclic amines) is 1. The Hall–Kier alpha value is -2.97. The van der Waals surface area contributed by atoms with Gasteiger partial charge in [0.2, 0.25) is 5.91 Å². The number of β-amino-alcohol motifs (C(OH)–C–C–N with tert-alkyl or cyclic N) is 1. The van der Waals surface area contributed by atoms with Crippen molar-refractivity contribution in [3.63, 3.8) is 0 Å². The van der Waals surface area contributed by atoms with E-state index < -0.39 is 11.9 Å². The summed E-state index contributed by atoms with van der Waals surface area (Å²) in [6, 6.07) is 12.1. The smallest absolute Gasteiger partial charge is 0.254 e. The maximum Gasteiger partial charge on any atom is 0.254 e. The predicted molar refractivity (Wildman–Crippen MR) is 110 cm³/mol. The number of nitrogens with zero attached hydrogens (tertiary/aromatic N) is 1. The molecule has 3 N–H and O–H groups in total. The van der Waals surface area contributed by atoms with Crippen molar-refractivity contribution in [3.8, 4) is 23.0 Å². The van der Waals surface area contributed by atoms with Crippen molar-refractivity contribution in [1.29, 1.82) is 0 Å². The number of piperidine rings is 1. The van der Waals surface area contributed by atoms with Gasteiger partial charge in [-0.25, -0.2) is 0 Å². The Morgan fingerprint density at radius 3 is 2.50 bits per heavy atom. The Balaban J connectivity index is 1.27. The first kappa shape index (κ1) is 20.3. The lowest BCUT2D eigenvalue weighted by Crippen LogP contribution is -2.51. The van der Waals surface area contributed by atoms with Crippen LogP contribution in [0, 0.1) is 0 Å². The Morgan fingerprint density at radius 2 is 1.87 bits per heavy atom. The largest absolute Gasteiger partial charge is 0.508 e. The molecule has 0 radical (unpaired) electrons. The summed E-state index contributed by atoms with van der Waals surface area (Å²) >= 11 is 0. The van der Waals surface area contributed by atoms with Gasteiger partial charge in [-0.3, -0.25) is 4.79 Å². The molecule has 1 fully saturated rings. The van der Waals surface area contributed by atoms with Gasteiger partial charge in [0.25, 0.3) is 5.79 Å². The van der Waals surface area contributed by atoms with E-state index in [4.69, 9.17) is 14.2 Å². The van der Waals surface area contributed by atoms with E-state index in [1.54, 1.807) is 6.07 Å². The number of hydrogen-bond donors (Lipinski definition) is 3. The molecule has 0 saturated carbocycles. The van der Waals surface area contributed by atoms with E-state index >= 15 is 0 Å². The van der Waals surface area contributed by atoms with E-state index in [1.165, 1.54) is 19.1 Å². The van der Waals surface area contributed by atoms with E-state index in [0.29, 0.717) is 30.8 Å². The molecular formula is C22H26N2O6. The molecule has 2 aromatic carbocycles. The standard InChI is InChI=1S/C22H26N2O6/c1-15(25)23-18-7-6-16(26)12-21(18)28-14-17(27)13-24-10-8-22(9-11-24)29-19-4-2-3-5-20(19)30-22/h2-7,12,17,26-27H,8-11,13-14H2,1H3,(H,23,25)/t17-/m0/s1. The SMILES string of the molecule is CC(=O)Nc1ccc(O)cc1OC[C@@H](O)CN1CCC2(CC1)Oc1ccccc1O2. The highest BCUT2D eigenvalue weighted by Gasteiger charge is 2.44. The van der Waals surface area contributed by atoms with Crippen LogP contribution in [0.4, 0.5) is 5.69 Å². The fraction of sp³-hybridized carbons (Fsp3) is 0.409. The summed E-state index contributed by atoms with van der Waals surface area (Å²) < 4.78 is 17.8. The summed E-state index contributed by atoms with van der Waals surface area (Å²) in [6.07, 6.45) is 0.678. The van der Waals surface area contributed by atoms with Crippen molar-refractivity contribution in [2.75, 3.05) is 31.6 Å². The van der Waals surface area contributed by atoms with Gasteiger partial charge < -0.3 is 34.6 Å². The normalized spacial score (nSPS) is 18.2. The number of aliphatic hydroxyl groups is 1. The Morgan fingerprint density at radius 1 is 1.20 bits per heavy atom. The summed E-state index contributed by atoms with van der Waals surface area (Å²) in [5.41, 5.74) is 0.447. The highest BCUT2D eigenvalue weighted by atomic mass is 16.7. The number of phenols is 1. The second kappa shape index (κ2) is 8.41. The van der Waals surface area contributed by atoms with Crippen LogP contribution in [0.2, 0.25) is 0 Å².